The molecule has 0 radical (unpaired) electrons. The molecule has 2 rings (SSSR count). The zero-order valence-electron chi connectivity index (χ0n) is 14.2. The molecule has 1 aromatic carbocycles. The number of hydrogen-bond acceptors (Lipinski definition) is 5. The van der Waals surface area contributed by atoms with Gasteiger partial charge in [-0.15, -0.1) is 0 Å². The average molecular weight is 314 g/mol. The van der Waals surface area contributed by atoms with Gasteiger partial charge in [0.05, 0.1) is 0 Å². The Labute approximate surface area is 138 Å². The molecule has 2 N–H and O–H groups in total. The summed E-state index contributed by atoms with van der Waals surface area (Å²) in [6.45, 7) is 5.86. The summed E-state index contributed by atoms with van der Waals surface area (Å²) in [5.41, 5.74) is 1.01. The Hall–Kier alpha value is -2.14. The van der Waals surface area contributed by atoms with E-state index in [4.69, 9.17) is 4.74 Å². The van der Waals surface area contributed by atoms with E-state index in [1.165, 1.54) is 0 Å². The summed E-state index contributed by atoms with van der Waals surface area (Å²) in [4.78, 5) is 9.28. The second kappa shape index (κ2) is 9.10. The van der Waals surface area contributed by atoms with Crippen molar-refractivity contribution in [3.05, 3.63) is 36.4 Å². The smallest absolute Gasteiger partial charge is 0.163 e. The number of ether oxygens (including phenoxy) is 1. The zero-order chi connectivity index (χ0) is 16.5. The Bertz CT molecular complexity index is 589. The fraction of sp³-hybridized carbons (Fsp3) is 0.444. The molecule has 5 heteroatoms. The monoisotopic (exact) mass is 314 g/mol. The van der Waals surface area contributed by atoms with Crippen molar-refractivity contribution in [2.45, 2.75) is 32.7 Å². The maximum absolute atomic E-state index is 5.08. The molecule has 0 bridgehead atoms. The number of hydrogen-bond donors (Lipinski definition) is 2. The Kier molecular flexibility index (Phi) is 6.81. The van der Waals surface area contributed by atoms with Gasteiger partial charge in [0.2, 0.25) is 0 Å². The minimum absolute atomic E-state index is 0.370. The third-order valence-corrected chi connectivity index (χ3v) is 3.60. The highest BCUT2D eigenvalue weighted by Crippen LogP contribution is 2.20. The fourth-order valence-electron chi connectivity index (χ4n) is 2.12. The first-order chi connectivity index (χ1) is 11.2. The minimum Gasteiger partial charge on any atom is -0.385 e. The van der Waals surface area contributed by atoms with Crippen LogP contribution < -0.4 is 10.6 Å². The lowest BCUT2D eigenvalue weighted by Crippen LogP contribution is -2.16. The largest absolute Gasteiger partial charge is 0.385 e. The van der Waals surface area contributed by atoms with Crippen LogP contribution in [0.25, 0.3) is 11.4 Å². The van der Waals surface area contributed by atoms with Gasteiger partial charge in [0, 0.05) is 37.9 Å². The molecule has 23 heavy (non-hydrogen) atoms. The molecular formula is C18H26N4O. The number of rotatable bonds is 9. The Balaban J connectivity index is 2.21. The Morgan fingerprint density at radius 3 is 2.57 bits per heavy atom. The van der Waals surface area contributed by atoms with Crippen LogP contribution >= 0.6 is 0 Å². The molecule has 0 aliphatic rings. The number of methoxy groups -OCH3 is 1. The van der Waals surface area contributed by atoms with Crippen LogP contribution in [0.1, 0.15) is 26.7 Å². The minimum atomic E-state index is 0.370. The van der Waals surface area contributed by atoms with Gasteiger partial charge in [-0.2, -0.15) is 0 Å². The summed E-state index contributed by atoms with van der Waals surface area (Å²) < 4.78 is 5.08. The SMILES string of the molecule is CCC(C)Nc1cc(NCCCOC)nc(-c2ccccc2)n1. The quantitative estimate of drug-likeness (QED) is 0.689. The fourth-order valence-corrected chi connectivity index (χ4v) is 2.12. The summed E-state index contributed by atoms with van der Waals surface area (Å²) in [6, 6.07) is 12.4. The maximum atomic E-state index is 5.08. The highest BCUT2D eigenvalue weighted by atomic mass is 16.5. The number of nitrogens with one attached hydrogen (secondary N) is 2. The summed E-state index contributed by atoms with van der Waals surface area (Å²) in [6.07, 6.45) is 1.98. The predicted molar refractivity (Wildman–Crippen MR) is 95.8 cm³/mol. The van der Waals surface area contributed by atoms with Crippen molar-refractivity contribution in [2.75, 3.05) is 30.9 Å². The lowest BCUT2D eigenvalue weighted by molar-refractivity contribution is 0.198. The lowest BCUT2D eigenvalue weighted by atomic mass is 10.2. The van der Waals surface area contributed by atoms with E-state index in [9.17, 15) is 0 Å². The molecule has 0 saturated heterocycles. The van der Waals surface area contributed by atoms with Crippen molar-refractivity contribution in [1.29, 1.82) is 0 Å². The van der Waals surface area contributed by atoms with E-state index in [1.54, 1.807) is 7.11 Å². The molecule has 124 valence electrons. The molecule has 1 aromatic heterocycles. The van der Waals surface area contributed by atoms with E-state index in [0.717, 1.165) is 49.0 Å². The molecule has 1 unspecified atom stereocenters. The van der Waals surface area contributed by atoms with Gasteiger partial charge in [-0.25, -0.2) is 9.97 Å². The van der Waals surface area contributed by atoms with Crippen molar-refractivity contribution < 1.29 is 4.74 Å². The van der Waals surface area contributed by atoms with Crippen LogP contribution in [0.15, 0.2) is 36.4 Å². The van der Waals surface area contributed by atoms with Crippen LogP contribution in [0, 0.1) is 0 Å². The van der Waals surface area contributed by atoms with Crippen LogP contribution in [0.3, 0.4) is 0 Å². The zero-order valence-corrected chi connectivity index (χ0v) is 14.2. The number of anilines is 2. The van der Waals surface area contributed by atoms with Crippen molar-refractivity contribution in [3.63, 3.8) is 0 Å². The number of aromatic nitrogens is 2. The number of nitrogens with zero attached hydrogens (tertiary/aromatic N) is 2. The third kappa shape index (κ3) is 5.53. The van der Waals surface area contributed by atoms with Crippen molar-refractivity contribution in [1.82, 2.24) is 9.97 Å². The predicted octanol–water partition coefficient (Wildman–Crippen LogP) is 3.80. The van der Waals surface area contributed by atoms with E-state index in [0.29, 0.717) is 6.04 Å². The third-order valence-electron chi connectivity index (χ3n) is 3.60. The van der Waals surface area contributed by atoms with E-state index < -0.39 is 0 Å². The highest BCUT2D eigenvalue weighted by Gasteiger charge is 2.08. The van der Waals surface area contributed by atoms with Crippen molar-refractivity contribution >= 4 is 11.6 Å². The van der Waals surface area contributed by atoms with E-state index in [2.05, 4.69) is 34.4 Å². The van der Waals surface area contributed by atoms with Gasteiger partial charge in [0.25, 0.3) is 0 Å². The molecule has 0 amide bonds. The van der Waals surface area contributed by atoms with Crippen LogP contribution in [-0.2, 0) is 4.74 Å². The molecule has 0 aliphatic carbocycles. The van der Waals surface area contributed by atoms with Gasteiger partial charge in [-0.05, 0) is 19.8 Å². The van der Waals surface area contributed by atoms with E-state index in [1.807, 2.05) is 36.4 Å². The first-order valence-electron chi connectivity index (χ1n) is 8.16. The topological polar surface area (TPSA) is 59.1 Å². The van der Waals surface area contributed by atoms with Crippen LogP contribution in [0.5, 0.6) is 0 Å². The molecule has 0 fully saturated rings. The van der Waals surface area contributed by atoms with E-state index in [-0.39, 0.29) is 0 Å². The summed E-state index contributed by atoms with van der Waals surface area (Å²) in [7, 11) is 1.71. The van der Waals surface area contributed by atoms with Crippen LogP contribution in [0.4, 0.5) is 11.6 Å². The average Bonchev–Trinajstić information content (AvgIpc) is 2.59. The molecule has 1 atom stereocenters. The molecule has 0 saturated carbocycles. The van der Waals surface area contributed by atoms with Crippen LogP contribution in [0.2, 0.25) is 0 Å². The molecule has 2 aromatic rings. The van der Waals surface area contributed by atoms with Gasteiger partial charge in [-0.3, -0.25) is 0 Å². The molecule has 0 aliphatic heterocycles. The Morgan fingerprint density at radius 1 is 1.13 bits per heavy atom. The summed E-state index contributed by atoms with van der Waals surface area (Å²) in [5, 5.41) is 6.78. The van der Waals surface area contributed by atoms with Gasteiger partial charge in [-0.1, -0.05) is 37.3 Å². The standard InChI is InChI=1S/C18H26N4O/c1-4-14(2)20-17-13-16(19-11-8-12-23-3)21-18(22-17)15-9-6-5-7-10-15/h5-7,9-10,13-14H,4,8,11-12H2,1-3H3,(H2,19,20,21,22). The molecule has 5 nitrogen and oxygen atoms in total. The summed E-state index contributed by atoms with van der Waals surface area (Å²) in [5.74, 6) is 2.41. The van der Waals surface area contributed by atoms with Crippen molar-refractivity contribution in [3.8, 4) is 11.4 Å². The second-order valence-corrected chi connectivity index (χ2v) is 5.55. The maximum Gasteiger partial charge on any atom is 0.163 e. The summed E-state index contributed by atoms with van der Waals surface area (Å²) >= 11 is 0. The Morgan fingerprint density at radius 2 is 1.87 bits per heavy atom. The van der Waals surface area contributed by atoms with Gasteiger partial charge in [0.1, 0.15) is 11.6 Å². The molecular weight excluding hydrogens is 288 g/mol. The van der Waals surface area contributed by atoms with E-state index >= 15 is 0 Å². The lowest BCUT2D eigenvalue weighted by Gasteiger charge is -2.15. The first-order valence-corrected chi connectivity index (χ1v) is 8.16. The van der Waals surface area contributed by atoms with Gasteiger partial charge in [0.15, 0.2) is 5.82 Å². The van der Waals surface area contributed by atoms with Crippen LogP contribution in [-0.4, -0.2) is 36.3 Å². The van der Waals surface area contributed by atoms with Gasteiger partial charge < -0.3 is 15.4 Å². The molecule has 0 spiro atoms. The normalized spacial score (nSPS) is 12.0. The van der Waals surface area contributed by atoms with Gasteiger partial charge >= 0.3 is 0 Å². The highest BCUT2D eigenvalue weighted by molar-refractivity contribution is 5.61. The first kappa shape index (κ1) is 17.2. The second-order valence-electron chi connectivity index (χ2n) is 5.55. The van der Waals surface area contributed by atoms with Crippen molar-refractivity contribution in [2.24, 2.45) is 0 Å². The number of benzene rings is 1. The molecule has 1 heterocycles.